The normalized spacial score (nSPS) is 12.9. The van der Waals surface area contributed by atoms with Crippen LogP contribution in [0.1, 0.15) is 19.4 Å². The van der Waals surface area contributed by atoms with Gasteiger partial charge >= 0.3 is 5.97 Å². The third kappa shape index (κ3) is 4.77. The van der Waals surface area contributed by atoms with Crippen LogP contribution in [0.4, 0.5) is 0 Å². The maximum Gasteiger partial charge on any atom is 0.308 e. The Bertz CT molecular complexity index is 547. The summed E-state index contributed by atoms with van der Waals surface area (Å²) in [4.78, 5) is 23.0. The van der Waals surface area contributed by atoms with Gasteiger partial charge in [0, 0.05) is 6.04 Å². The van der Waals surface area contributed by atoms with E-state index in [-0.39, 0.29) is 12.3 Å². The molecule has 1 aromatic carbocycles. The van der Waals surface area contributed by atoms with Crippen LogP contribution in [0.25, 0.3) is 0 Å². The Morgan fingerprint density at radius 3 is 2.00 bits per heavy atom. The first-order valence-corrected chi connectivity index (χ1v) is 7.15. The molecule has 0 aliphatic rings. The molecule has 0 bridgehead atoms. The molecule has 1 amide bonds. The number of hydrogen-bond donors (Lipinski definition) is 2. The molecule has 0 fully saturated rings. The summed E-state index contributed by atoms with van der Waals surface area (Å²) in [6, 6.07) is 2.90. The number of hydrogen-bond acceptors (Lipinski definition) is 5. The van der Waals surface area contributed by atoms with Crippen molar-refractivity contribution in [2.45, 2.75) is 26.3 Å². The lowest BCUT2D eigenvalue weighted by Gasteiger charge is -2.18. The molecule has 2 N–H and O–H groups in total. The number of methoxy groups -OCH3 is 3. The van der Waals surface area contributed by atoms with E-state index in [1.54, 1.807) is 26.0 Å². The van der Waals surface area contributed by atoms with Crippen molar-refractivity contribution in [3.63, 3.8) is 0 Å². The highest BCUT2D eigenvalue weighted by Gasteiger charge is 2.21. The molecule has 0 aliphatic carbocycles. The predicted octanol–water partition coefficient (Wildman–Crippen LogP) is 1.48. The Hall–Kier alpha value is -2.44. The van der Waals surface area contributed by atoms with E-state index in [0.717, 1.165) is 0 Å². The summed E-state index contributed by atoms with van der Waals surface area (Å²) >= 11 is 0. The van der Waals surface area contributed by atoms with Gasteiger partial charge < -0.3 is 24.6 Å². The van der Waals surface area contributed by atoms with E-state index < -0.39 is 17.9 Å². The van der Waals surface area contributed by atoms with Crippen molar-refractivity contribution in [1.29, 1.82) is 0 Å². The molecule has 0 aromatic heterocycles. The number of amides is 1. The van der Waals surface area contributed by atoms with E-state index in [1.807, 2.05) is 0 Å². The van der Waals surface area contributed by atoms with Gasteiger partial charge in [-0.3, -0.25) is 9.59 Å². The minimum absolute atomic E-state index is 0.0768. The first-order valence-electron chi connectivity index (χ1n) is 7.15. The fourth-order valence-electron chi connectivity index (χ4n) is 2.07. The van der Waals surface area contributed by atoms with Gasteiger partial charge in [0.1, 0.15) is 0 Å². The molecule has 7 nitrogen and oxygen atoms in total. The Morgan fingerprint density at radius 1 is 1.09 bits per heavy atom. The molecule has 0 heterocycles. The van der Waals surface area contributed by atoms with Crippen LogP contribution < -0.4 is 19.5 Å². The number of ether oxygens (including phenoxy) is 3. The third-order valence-corrected chi connectivity index (χ3v) is 3.62. The van der Waals surface area contributed by atoms with Crippen molar-refractivity contribution >= 4 is 11.9 Å². The zero-order valence-electron chi connectivity index (χ0n) is 14.0. The summed E-state index contributed by atoms with van der Waals surface area (Å²) in [5.41, 5.74) is 0.673. The zero-order chi connectivity index (χ0) is 17.6. The van der Waals surface area contributed by atoms with Gasteiger partial charge in [0.2, 0.25) is 11.7 Å². The number of rotatable bonds is 8. The van der Waals surface area contributed by atoms with E-state index in [1.165, 1.54) is 21.3 Å². The minimum Gasteiger partial charge on any atom is -0.493 e. The van der Waals surface area contributed by atoms with Gasteiger partial charge in [-0.1, -0.05) is 0 Å². The zero-order valence-corrected chi connectivity index (χ0v) is 14.0. The second-order valence-corrected chi connectivity index (χ2v) is 5.19. The number of carbonyl (C=O) groups is 2. The topological polar surface area (TPSA) is 94.1 Å². The number of benzene rings is 1. The monoisotopic (exact) mass is 325 g/mol. The molecule has 0 saturated carbocycles. The molecule has 0 aliphatic heterocycles. The molecule has 0 saturated heterocycles. The summed E-state index contributed by atoms with van der Waals surface area (Å²) in [6.45, 7) is 3.21. The second kappa shape index (κ2) is 8.26. The van der Waals surface area contributed by atoms with Gasteiger partial charge in [-0.2, -0.15) is 0 Å². The summed E-state index contributed by atoms with van der Waals surface area (Å²) in [5, 5.41) is 11.6. The van der Waals surface area contributed by atoms with Crippen LogP contribution in [0.2, 0.25) is 0 Å². The predicted molar refractivity (Wildman–Crippen MR) is 84.2 cm³/mol. The fraction of sp³-hybridized carbons (Fsp3) is 0.500. The van der Waals surface area contributed by atoms with Crippen molar-refractivity contribution in [3.05, 3.63) is 17.7 Å². The van der Waals surface area contributed by atoms with Gasteiger partial charge in [0.05, 0.1) is 33.7 Å². The number of aliphatic carboxylic acids is 1. The van der Waals surface area contributed by atoms with Crippen molar-refractivity contribution in [3.8, 4) is 17.2 Å². The van der Waals surface area contributed by atoms with Crippen molar-refractivity contribution < 1.29 is 28.9 Å². The lowest BCUT2D eigenvalue weighted by molar-refractivity contribution is -0.142. The van der Waals surface area contributed by atoms with Crippen LogP contribution in [0.15, 0.2) is 12.1 Å². The Balaban J connectivity index is 2.88. The molecule has 0 radical (unpaired) electrons. The number of carboxylic acids is 1. The van der Waals surface area contributed by atoms with Crippen LogP contribution in [0, 0.1) is 5.92 Å². The Morgan fingerprint density at radius 2 is 1.61 bits per heavy atom. The molecule has 7 heteroatoms. The van der Waals surface area contributed by atoms with Crippen molar-refractivity contribution in [2.24, 2.45) is 5.92 Å². The minimum atomic E-state index is -0.953. The second-order valence-electron chi connectivity index (χ2n) is 5.19. The Kier molecular flexibility index (Phi) is 6.68. The molecule has 1 aromatic rings. The smallest absolute Gasteiger partial charge is 0.308 e. The molecular weight excluding hydrogens is 302 g/mol. The average Bonchev–Trinajstić information content (AvgIpc) is 2.52. The molecule has 1 rings (SSSR count). The quantitative estimate of drug-likeness (QED) is 0.752. The van der Waals surface area contributed by atoms with Gasteiger partial charge in [0.15, 0.2) is 11.5 Å². The van der Waals surface area contributed by atoms with Gasteiger partial charge in [-0.25, -0.2) is 0 Å². The summed E-state index contributed by atoms with van der Waals surface area (Å²) in [7, 11) is 4.50. The van der Waals surface area contributed by atoms with E-state index in [2.05, 4.69) is 5.32 Å². The molecule has 0 spiro atoms. The highest BCUT2D eigenvalue weighted by atomic mass is 16.5. The Labute approximate surface area is 135 Å². The SMILES string of the molecule is COc1cc(CC(=O)NC(C)C(C)C(=O)O)cc(OC)c1OC. The van der Waals surface area contributed by atoms with Crippen LogP contribution in [-0.4, -0.2) is 44.4 Å². The lowest BCUT2D eigenvalue weighted by atomic mass is 10.0. The van der Waals surface area contributed by atoms with E-state index in [9.17, 15) is 9.59 Å². The maximum absolute atomic E-state index is 12.1. The van der Waals surface area contributed by atoms with Gasteiger partial charge in [-0.05, 0) is 31.5 Å². The van der Waals surface area contributed by atoms with Crippen LogP contribution >= 0.6 is 0 Å². The first-order chi connectivity index (χ1) is 10.8. The largest absolute Gasteiger partial charge is 0.493 e. The summed E-state index contributed by atoms with van der Waals surface area (Å²) in [6.07, 6.45) is 0.0768. The van der Waals surface area contributed by atoms with Crippen molar-refractivity contribution in [2.75, 3.05) is 21.3 Å². The van der Waals surface area contributed by atoms with Gasteiger partial charge in [-0.15, -0.1) is 0 Å². The van der Waals surface area contributed by atoms with Crippen LogP contribution in [-0.2, 0) is 16.0 Å². The highest BCUT2D eigenvalue weighted by Crippen LogP contribution is 2.38. The maximum atomic E-state index is 12.1. The lowest BCUT2D eigenvalue weighted by Crippen LogP contribution is -2.40. The fourth-order valence-corrected chi connectivity index (χ4v) is 2.07. The molecule has 2 unspecified atom stereocenters. The van der Waals surface area contributed by atoms with Crippen LogP contribution in [0.3, 0.4) is 0 Å². The molecule has 23 heavy (non-hydrogen) atoms. The first kappa shape index (κ1) is 18.6. The van der Waals surface area contributed by atoms with Crippen molar-refractivity contribution in [1.82, 2.24) is 5.32 Å². The van der Waals surface area contributed by atoms with Gasteiger partial charge in [0.25, 0.3) is 0 Å². The molecule has 2 atom stereocenters. The van der Waals surface area contributed by atoms with E-state index in [0.29, 0.717) is 22.8 Å². The molecule has 128 valence electrons. The third-order valence-electron chi connectivity index (χ3n) is 3.62. The summed E-state index contributed by atoms with van der Waals surface area (Å²) < 4.78 is 15.7. The number of carboxylic acid groups (broad SMARTS) is 1. The number of carbonyl (C=O) groups excluding carboxylic acids is 1. The standard InChI is InChI=1S/C16H23NO6/c1-9(16(19)20)10(2)17-14(18)8-11-6-12(21-3)15(23-5)13(7-11)22-4/h6-7,9-10H,8H2,1-5H3,(H,17,18)(H,19,20). The van der Waals surface area contributed by atoms with E-state index >= 15 is 0 Å². The van der Waals surface area contributed by atoms with E-state index in [4.69, 9.17) is 19.3 Å². The average molecular weight is 325 g/mol. The highest BCUT2D eigenvalue weighted by molar-refractivity contribution is 5.80. The summed E-state index contributed by atoms with van der Waals surface area (Å²) in [5.74, 6) is -0.528. The number of nitrogens with one attached hydrogen (secondary N) is 1. The van der Waals surface area contributed by atoms with Crippen LogP contribution in [0.5, 0.6) is 17.2 Å². The molecular formula is C16H23NO6.